The Morgan fingerprint density at radius 1 is 0.933 bits per heavy atom. The topological polar surface area (TPSA) is 24.9 Å². The van der Waals surface area contributed by atoms with Gasteiger partial charge in [0.25, 0.3) is 0 Å². The molecule has 0 aliphatic rings. The zero-order valence-electron chi connectivity index (χ0n) is 19.2. The summed E-state index contributed by atoms with van der Waals surface area (Å²) in [6.07, 6.45) is 19.7. The summed E-state index contributed by atoms with van der Waals surface area (Å²) in [6.45, 7) is 4.56. The summed E-state index contributed by atoms with van der Waals surface area (Å²) < 4.78 is 0. The van der Waals surface area contributed by atoms with Gasteiger partial charge in [0.1, 0.15) is 0 Å². The maximum atomic E-state index is 5.98. The molecule has 0 aliphatic carbocycles. The average Bonchev–Trinajstić information content (AvgIpc) is 2.77. The number of thiocarbonyl (C=S) groups is 1. The first-order valence-corrected chi connectivity index (χ1v) is 13.6. The Morgan fingerprint density at radius 3 is 2.23 bits per heavy atom. The number of aromatic nitrogens is 1. The zero-order chi connectivity index (χ0) is 21.6. The quantitative estimate of drug-likeness (QED) is 0.168. The number of nitrogens with zero attached hydrogens (tertiary/aromatic N) is 1. The van der Waals surface area contributed by atoms with Crippen LogP contribution in [0.5, 0.6) is 0 Å². The van der Waals surface area contributed by atoms with Gasteiger partial charge < -0.3 is 5.32 Å². The van der Waals surface area contributed by atoms with Crippen LogP contribution in [0, 0.1) is 5.92 Å². The second-order valence-corrected chi connectivity index (χ2v) is 9.59. The van der Waals surface area contributed by atoms with Crippen LogP contribution < -0.4 is 5.32 Å². The van der Waals surface area contributed by atoms with E-state index in [-0.39, 0.29) is 0 Å². The molecular weight excluding hydrogens is 404 g/mol. The highest BCUT2D eigenvalue weighted by Crippen LogP contribution is 2.33. The Labute approximate surface area is 194 Å². The number of hydrogen-bond acceptors (Lipinski definition) is 3. The Hall–Kier alpha value is -1.13. The van der Waals surface area contributed by atoms with E-state index in [0.717, 1.165) is 21.6 Å². The van der Waals surface area contributed by atoms with Gasteiger partial charge in [-0.15, -0.1) is 11.8 Å². The van der Waals surface area contributed by atoms with E-state index in [1.165, 1.54) is 81.9 Å². The van der Waals surface area contributed by atoms with Crippen molar-refractivity contribution in [2.24, 2.45) is 5.92 Å². The van der Waals surface area contributed by atoms with Gasteiger partial charge in [-0.25, -0.2) is 0 Å². The van der Waals surface area contributed by atoms with E-state index in [4.69, 9.17) is 12.2 Å². The molecule has 2 rings (SSSR count). The fourth-order valence-corrected chi connectivity index (χ4v) is 4.96. The van der Waals surface area contributed by atoms with E-state index in [1.54, 1.807) is 11.8 Å². The highest BCUT2D eigenvalue weighted by Gasteiger charge is 2.17. The maximum Gasteiger partial charge on any atom is 0.0829 e. The summed E-state index contributed by atoms with van der Waals surface area (Å²) in [5, 5.41) is 4.84. The molecule has 0 aliphatic heterocycles. The Bertz CT molecular complexity index is 760. The number of thioether (sulfide) groups is 1. The summed E-state index contributed by atoms with van der Waals surface area (Å²) in [6, 6.07) is 8.43. The molecule has 0 saturated carbocycles. The van der Waals surface area contributed by atoms with Crippen molar-refractivity contribution in [1.29, 1.82) is 0 Å². The van der Waals surface area contributed by atoms with Crippen LogP contribution in [0.2, 0.25) is 0 Å². The summed E-state index contributed by atoms with van der Waals surface area (Å²) in [4.78, 5) is 6.79. The third-order valence-electron chi connectivity index (χ3n) is 5.90. The third kappa shape index (κ3) is 8.19. The number of rotatable bonds is 15. The fraction of sp³-hybridized carbons (Fsp3) is 0.615. The second kappa shape index (κ2) is 14.8. The monoisotopic (exact) mass is 444 g/mol. The van der Waals surface area contributed by atoms with Crippen LogP contribution in [0.1, 0.15) is 90.9 Å². The molecule has 166 valence electrons. The predicted molar refractivity (Wildman–Crippen MR) is 140 cm³/mol. The number of unbranched alkanes of at least 4 members (excludes halogenated alkanes) is 8. The minimum absolute atomic E-state index is 0.477. The van der Waals surface area contributed by atoms with Crippen molar-refractivity contribution in [3.63, 3.8) is 0 Å². The van der Waals surface area contributed by atoms with Gasteiger partial charge in [-0.05, 0) is 43.4 Å². The van der Waals surface area contributed by atoms with Gasteiger partial charge >= 0.3 is 0 Å². The van der Waals surface area contributed by atoms with Crippen molar-refractivity contribution in [1.82, 2.24) is 4.98 Å². The van der Waals surface area contributed by atoms with Gasteiger partial charge in [0.05, 0.1) is 16.2 Å². The molecule has 1 aromatic heterocycles. The van der Waals surface area contributed by atoms with Crippen LogP contribution in [0.4, 0.5) is 5.69 Å². The van der Waals surface area contributed by atoms with E-state index in [2.05, 4.69) is 48.6 Å². The number of hydrogen-bond donors (Lipinski definition) is 1. The van der Waals surface area contributed by atoms with Crippen LogP contribution in [0.3, 0.4) is 0 Å². The number of anilines is 1. The summed E-state index contributed by atoms with van der Waals surface area (Å²) in [5.74, 6) is 0.477. The van der Waals surface area contributed by atoms with Crippen LogP contribution >= 0.6 is 24.0 Å². The highest BCUT2D eigenvalue weighted by atomic mass is 32.2. The van der Waals surface area contributed by atoms with Crippen LogP contribution in [0.15, 0.2) is 35.4 Å². The Kier molecular flexibility index (Phi) is 12.4. The summed E-state index contributed by atoms with van der Waals surface area (Å²) in [7, 11) is 0. The third-order valence-corrected chi connectivity index (χ3v) is 7.11. The largest absolute Gasteiger partial charge is 0.348 e. The molecule has 0 amide bonds. The lowest BCUT2D eigenvalue weighted by atomic mass is 9.94. The van der Waals surface area contributed by atoms with E-state index < -0.39 is 0 Å². The molecule has 2 nitrogen and oxygen atoms in total. The average molecular weight is 445 g/mol. The molecule has 1 N–H and O–H groups in total. The second-order valence-electron chi connectivity index (χ2n) is 8.30. The van der Waals surface area contributed by atoms with Crippen LogP contribution in [-0.4, -0.2) is 16.2 Å². The van der Waals surface area contributed by atoms with Crippen LogP contribution in [0.25, 0.3) is 10.9 Å². The lowest BCUT2D eigenvalue weighted by Crippen LogP contribution is -2.21. The standard InChI is InChI=1S/C26H40N2S2/c1-4-6-8-10-11-13-16-21(15-12-9-7-5-2)26(29)28-25-22-17-14-20-27-23(22)18-19-24(25)30-3/h14,17-21H,4-13,15-16H2,1-3H3,(H,28,29). The lowest BCUT2D eigenvalue weighted by Gasteiger charge is -2.22. The number of pyridine rings is 1. The fourth-order valence-electron chi connectivity index (χ4n) is 4.05. The van der Waals surface area contributed by atoms with Gasteiger partial charge in [0, 0.05) is 22.4 Å². The van der Waals surface area contributed by atoms with Crippen molar-refractivity contribution in [3.8, 4) is 0 Å². The van der Waals surface area contributed by atoms with E-state index in [1.807, 2.05) is 12.3 Å². The molecule has 1 heterocycles. The number of fused-ring (bicyclic) bond motifs is 1. The molecule has 0 spiro atoms. The lowest BCUT2D eigenvalue weighted by molar-refractivity contribution is 0.491. The smallest absolute Gasteiger partial charge is 0.0829 e. The van der Waals surface area contributed by atoms with Gasteiger partial charge in [0.15, 0.2) is 0 Å². The van der Waals surface area contributed by atoms with Gasteiger partial charge in [-0.1, -0.05) is 90.3 Å². The molecule has 0 saturated heterocycles. The van der Waals surface area contributed by atoms with Crippen LogP contribution in [-0.2, 0) is 0 Å². The molecule has 2 aromatic rings. The van der Waals surface area contributed by atoms with Gasteiger partial charge in [-0.2, -0.15) is 0 Å². The van der Waals surface area contributed by atoms with Crippen molar-refractivity contribution in [3.05, 3.63) is 30.5 Å². The molecule has 4 heteroatoms. The molecule has 0 bridgehead atoms. The van der Waals surface area contributed by atoms with Gasteiger partial charge in [-0.3, -0.25) is 4.98 Å². The van der Waals surface area contributed by atoms with Crippen molar-refractivity contribution in [2.75, 3.05) is 11.6 Å². The summed E-state index contributed by atoms with van der Waals surface area (Å²) >= 11 is 7.75. The molecule has 0 fully saturated rings. The normalized spacial score (nSPS) is 12.2. The molecule has 0 radical (unpaired) electrons. The van der Waals surface area contributed by atoms with E-state index >= 15 is 0 Å². The van der Waals surface area contributed by atoms with Gasteiger partial charge in [0.2, 0.25) is 0 Å². The summed E-state index contributed by atoms with van der Waals surface area (Å²) in [5.41, 5.74) is 2.16. The Morgan fingerprint density at radius 2 is 1.57 bits per heavy atom. The highest BCUT2D eigenvalue weighted by molar-refractivity contribution is 7.98. The molecule has 1 atom stereocenters. The molecule has 1 unspecified atom stereocenters. The first kappa shape index (κ1) is 25.1. The molecule has 30 heavy (non-hydrogen) atoms. The SMILES string of the molecule is CCCCCCCCC(CCCCCC)C(=S)Nc1c(SC)ccc2ncccc12. The maximum absolute atomic E-state index is 5.98. The first-order valence-electron chi connectivity index (χ1n) is 11.9. The molecular formula is C26H40N2S2. The molecule has 1 aromatic carbocycles. The Balaban J connectivity index is 2.06. The van der Waals surface area contributed by atoms with Crippen molar-refractivity contribution >= 4 is 45.6 Å². The number of nitrogens with one attached hydrogen (secondary N) is 1. The van der Waals surface area contributed by atoms with E-state index in [0.29, 0.717) is 5.92 Å². The van der Waals surface area contributed by atoms with Crippen molar-refractivity contribution < 1.29 is 0 Å². The van der Waals surface area contributed by atoms with Crippen molar-refractivity contribution in [2.45, 2.75) is 95.8 Å². The first-order chi connectivity index (χ1) is 14.7. The zero-order valence-corrected chi connectivity index (χ0v) is 20.8. The minimum atomic E-state index is 0.477. The van der Waals surface area contributed by atoms with E-state index in [9.17, 15) is 0 Å². The predicted octanol–water partition coefficient (Wildman–Crippen LogP) is 9.03. The minimum Gasteiger partial charge on any atom is -0.348 e. The number of benzene rings is 1.